The fraction of sp³-hybridized carbons (Fsp3) is 0.0938. The quantitative estimate of drug-likeness (QED) is 0.307. The minimum Gasteiger partial charge on any atom is -0.545 e. The molecule has 202 valence electrons. The normalized spacial score (nSPS) is 16.1. The maximum Gasteiger partial charge on any atom is 0.271 e. The highest BCUT2D eigenvalue weighted by atomic mass is 35.5. The molecule has 2 aromatic heterocycles. The average molecular weight is 582 g/mol. The molecule has 0 saturated carbocycles. The zero-order valence-corrected chi connectivity index (χ0v) is 22.8. The van der Waals surface area contributed by atoms with Crippen molar-refractivity contribution in [2.75, 3.05) is 0 Å². The number of aromatic carboxylic acids is 1. The number of allylic oxidation sites excluding steroid dienone is 1. The first-order chi connectivity index (χ1) is 19.9. The first-order valence-corrected chi connectivity index (χ1v) is 14.1. The van der Waals surface area contributed by atoms with E-state index in [0.29, 0.717) is 26.4 Å². The molecule has 0 N–H and O–H groups in total. The molecule has 6 nitrogen and oxygen atoms in total. The highest BCUT2D eigenvalue weighted by Gasteiger charge is 2.32. The van der Waals surface area contributed by atoms with Crippen LogP contribution < -0.4 is 20.0 Å². The van der Waals surface area contributed by atoms with Crippen molar-refractivity contribution in [3.63, 3.8) is 0 Å². The highest BCUT2D eigenvalue weighted by molar-refractivity contribution is 7.07. The van der Waals surface area contributed by atoms with E-state index in [0.717, 1.165) is 35.2 Å². The molecule has 0 saturated heterocycles. The van der Waals surface area contributed by atoms with Crippen molar-refractivity contribution >= 4 is 40.7 Å². The van der Waals surface area contributed by atoms with Crippen LogP contribution in [0.2, 0.25) is 5.02 Å². The van der Waals surface area contributed by atoms with Gasteiger partial charge < -0.3 is 14.3 Å². The Balaban J connectivity index is 1.36. The molecule has 0 fully saturated rings. The van der Waals surface area contributed by atoms with Crippen LogP contribution in [0.15, 0.2) is 98.6 Å². The van der Waals surface area contributed by atoms with E-state index in [1.165, 1.54) is 41.2 Å². The van der Waals surface area contributed by atoms with Crippen molar-refractivity contribution in [3.8, 4) is 11.3 Å². The summed E-state index contributed by atoms with van der Waals surface area (Å²) >= 11 is 7.37. The number of carbonyl (C=O) groups is 1. The lowest BCUT2D eigenvalue weighted by atomic mass is 9.83. The second kappa shape index (κ2) is 9.83. The second-order valence-corrected chi connectivity index (χ2v) is 11.3. The Morgan fingerprint density at radius 3 is 2.66 bits per heavy atom. The summed E-state index contributed by atoms with van der Waals surface area (Å²) in [5.41, 5.74) is 5.25. The van der Waals surface area contributed by atoms with Crippen molar-refractivity contribution in [1.82, 2.24) is 4.57 Å². The summed E-state index contributed by atoms with van der Waals surface area (Å²) in [5.74, 6) is -0.792. The summed E-state index contributed by atoms with van der Waals surface area (Å²) in [5, 5.41) is 11.2. The standard InChI is InChI=1S/C32H20ClFN2O4S/c33-25-15-19(8-12-23(25)31(38)39)26-14-11-21(40-26)16-27-30(37)36-29(18-5-9-20(34)10-6-18)24-13-7-17-3-1-2-4-22(17)28(24)35-32(36)41-27/h1-6,8-12,14-16,29H,7,13H2,(H,38,39)/p-1/b27-16+/t29-/m0/s1. The predicted octanol–water partition coefficient (Wildman–Crippen LogP) is 4.73. The number of nitrogens with zero attached hydrogens (tertiary/aromatic N) is 2. The summed E-state index contributed by atoms with van der Waals surface area (Å²) in [6, 6.07) is 21.9. The van der Waals surface area contributed by atoms with Crippen LogP contribution in [0.4, 0.5) is 4.39 Å². The summed E-state index contributed by atoms with van der Waals surface area (Å²) in [4.78, 5) is 30.6. The third kappa shape index (κ3) is 4.36. The monoisotopic (exact) mass is 581 g/mol. The van der Waals surface area contributed by atoms with Crippen LogP contribution >= 0.6 is 22.9 Å². The van der Waals surface area contributed by atoms with Gasteiger partial charge in [0, 0.05) is 22.8 Å². The van der Waals surface area contributed by atoms with E-state index in [1.54, 1.807) is 41.0 Å². The van der Waals surface area contributed by atoms with E-state index in [2.05, 4.69) is 12.1 Å². The van der Waals surface area contributed by atoms with Crippen molar-refractivity contribution in [2.45, 2.75) is 18.9 Å². The third-order valence-corrected chi connectivity index (χ3v) is 8.73. The number of carboxylic acids is 1. The molecule has 2 aliphatic rings. The summed E-state index contributed by atoms with van der Waals surface area (Å²) < 4.78 is 22.0. The van der Waals surface area contributed by atoms with Gasteiger partial charge in [0.1, 0.15) is 17.3 Å². The van der Waals surface area contributed by atoms with Crippen molar-refractivity contribution in [1.29, 1.82) is 0 Å². The molecular weight excluding hydrogens is 563 g/mol. The lowest BCUT2D eigenvalue weighted by molar-refractivity contribution is -0.255. The number of aryl methyl sites for hydroxylation is 1. The average Bonchev–Trinajstić information content (AvgIpc) is 3.56. The Morgan fingerprint density at radius 1 is 1.07 bits per heavy atom. The molecule has 0 spiro atoms. The van der Waals surface area contributed by atoms with Crippen LogP contribution in [0.25, 0.3) is 23.1 Å². The zero-order chi connectivity index (χ0) is 28.2. The number of hydrogen-bond acceptors (Lipinski definition) is 6. The molecule has 9 heteroatoms. The molecule has 41 heavy (non-hydrogen) atoms. The fourth-order valence-electron chi connectivity index (χ4n) is 5.52. The molecular formula is C32H19ClFN2O4S-. The van der Waals surface area contributed by atoms with E-state index in [-0.39, 0.29) is 22.0 Å². The number of halogens is 2. The Kier molecular flexibility index (Phi) is 6.10. The van der Waals surface area contributed by atoms with Crippen LogP contribution in [-0.2, 0) is 6.42 Å². The van der Waals surface area contributed by atoms with Gasteiger partial charge in [-0.25, -0.2) is 9.38 Å². The Morgan fingerprint density at radius 2 is 1.88 bits per heavy atom. The van der Waals surface area contributed by atoms with E-state index in [9.17, 15) is 19.1 Å². The van der Waals surface area contributed by atoms with Gasteiger partial charge in [0.2, 0.25) is 0 Å². The Bertz CT molecular complexity index is 2090. The van der Waals surface area contributed by atoms with Gasteiger partial charge in [0.15, 0.2) is 4.80 Å². The molecule has 0 radical (unpaired) electrons. The minimum atomic E-state index is -1.36. The third-order valence-electron chi connectivity index (χ3n) is 7.43. The van der Waals surface area contributed by atoms with Crippen molar-refractivity contribution in [3.05, 3.63) is 143 Å². The van der Waals surface area contributed by atoms with Gasteiger partial charge in [0.25, 0.3) is 5.56 Å². The zero-order valence-electron chi connectivity index (χ0n) is 21.3. The second-order valence-electron chi connectivity index (χ2n) is 9.85. The van der Waals surface area contributed by atoms with Crippen LogP contribution in [-0.4, -0.2) is 10.5 Å². The minimum absolute atomic E-state index is 0.0418. The number of carbonyl (C=O) groups excluding carboxylic acids is 1. The van der Waals surface area contributed by atoms with E-state index in [1.807, 2.05) is 12.1 Å². The van der Waals surface area contributed by atoms with E-state index >= 15 is 0 Å². The van der Waals surface area contributed by atoms with Gasteiger partial charge in [-0.05, 0) is 59.9 Å². The molecule has 0 unspecified atom stereocenters. The fourth-order valence-corrected chi connectivity index (χ4v) is 6.75. The lowest BCUT2D eigenvalue weighted by Crippen LogP contribution is -2.38. The van der Waals surface area contributed by atoms with Crippen LogP contribution in [0.3, 0.4) is 0 Å². The lowest BCUT2D eigenvalue weighted by Gasteiger charge is -2.30. The number of carboxylic acid groups (broad SMARTS) is 1. The topological polar surface area (TPSA) is 87.6 Å². The smallest absolute Gasteiger partial charge is 0.271 e. The Hall–Kier alpha value is -4.53. The Labute approximate surface area is 241 Å². The van der Waals surface area contributed by atoms with Crippen LogP contribution in [0.1, 0.15) is 45.3 Å². The maximum atomic E-state index is 13.9. The van der Waals surface area contributed by atoms with Crippen molar-refractivity contribution < 1.29 is 18.7 Å². The van der Waals surface area contributed by atoms with Gasteiger partial charge >= 0.3 is 0 Å². The highest BCUT2D eigenvalue weighted by Crippen LogP contribution is 2.41. The predicted molar refractivity (Wildman–Crippen MR) is 153 cm³/mol. The molecule has 3 heterocycles. The van der Waals surface area contributed by atoms with Gasteiger partial charge in [-0.15, -0.1) is 0 Å². The van der Waals surface area contributed by atoms with Gasteiger partial charge in [0.05, 0.1) is 27.3 Å². The number of furan rings is 1. The maximum absolute atomic E-state index is 13.9. The molecule has 1 aliphatic carbocycles. The molecule has 1 atom stereocenters. The molecule has 5 aromatic rings. The van der Waals surface area contributed by atoms with Gasteiger partial charge in [-0.1, -0.05) is 71.5 Å². The van der Waals surface area contributed by atoms with Crippen molar-refractivity contribution in [2.24, 2.45) is 4.99 Å². The van der Waals surface area contributed by atoms with E-state index in [4.69, 9.17) is 21.0 Å². The number of fused-ring (bicyclic) bond motifs is 3. The summed E-state index contributed by atoms with van der Waals surface area (Å²) in [7, 11) is 0. The van der Waals surface area contributed by atoms with Crippen LogP contribution in [0, 0.1) is 5.82 Å². The summed E-state index contributed by atoms with van der Waals surface area (Å²) in [6.07, 6.45) is 3.24. The first kappa shape index (κ1) is 25.4. The molecule has 1 aliphatic heterocycles. The number of aromatic nitrogens is 1. The number of hydrogen-bond donors (Lipinski definition) is 0. The SMILES string of the molecule is O=C([O-])c1ccc(-c2ccc(/C=c3/sc4n(c3=O)[C@@H](c3ccc(F)cc3)C3=C(N=4)c4ccccc4CC3)o2)cc1Cl. The van der Waals surface area contributed by atoms with E-state index < -0.39 is 12.0 Å². The first-order valence-electron chi connectivity index (χ1n) is 12.9. The largest absolute Gasteiger partial charge is 0.545 e. The molecule has 3 aromatic carbocycles. The number of rotatable bonds is 4. The molecule has 7 rings (SSSR count). The molecule has 0 amide bonds. The summed E-state index contributed by atoms with van der Waals surface area (Å²) in [6.45, 7) is 0. The van der Waals surface area contributed by atoms with Crippen LogP contribution in [0.5, 0.6) is 0 Å². The molecule has 0 bridgehead atoms. The van der Waals surface area contributed by atoms with Gasteiger partial charge in [-0.3, -0.25) is 9.36 Å². The number of thiazole rings is 1. The van der Waals surface area contributed by atoms with Gasteiger partial charge in [-0.2, -0.15) is 0 Å². The number of benzene rings is 3.